The minimum atomic E-state index is 0.236. The smallest absolute Gasteiger partial charge is 0.155 e. The zero-order valence-corrected chi connectivity index (χ0v) is 17.1. The number of benzene rings is 2. The fourth-order valence-corrected chi connectivity index (χ4v) is 6.93. The fourth-order valence-electron chi connectivity index (χ4n) is 3.87. The molecule has 5 rings (SSSR count). The molecule has 0 saturated heterocycles. The Kier molecular flexibility index (Phi) is 4.25. The monoisotopic (exact) mass is 404 g/mol. The van der Waals surface area contributed by atoms with Crippen LogP contribution >= 0.6 is 23.1 Å². The van der Waals surface area contributed by atoms with Crippen molar-refractivity contribution in [3.05, 3.63) is 93.5 Å². The van der Waals surface area contributed by atoms with Gasteiger partial charge in [0.05, 0.1) is 10.6 Å². The lowest BCUT2D eigenvalue weighted by Gasteiger charge is -2.30. The van der Waals surface area contributed by atoms with Crippen molar-refractivity contribution in [1.29, 1.82) is 5.41 Å². The van der Waals surface area contributed by atoms with E-state index in [0.717, 1.165) is 16.6 Å². The van der Waals surface area contributed by atoms with Crippen molar-refractivity contribution in [3.8, 4) is 0 Å². The highest BCUT2D eigenvalue weighted by atomic mass is 32.2. The standard InChI is InChI=1S/C22H20N4S2/c1-13-25-22-18(21(23)26(13)24)16-12-17(14-8-4-2-5-9-14)27-19(20(16)28-22)15-10-6-3-7-11-15/h2-11,17,19,23H,12,24H2,1H3/t17-,19+/m1/s1. The highest BCUT2D eigenvalue weighted by molar-refractivity contribution is 8.00. The summed E-state index contributed by atoms with van der Waals surface area (Å²) in [4.78, 5) is 6.93. The second-order valence-electron chi connectivity index (χ2n) is 7.03. The van der Waals surface area contributed by atoms with Gasteiger partial charge in [0, 0.05) is 10.1 Å². The van der Waals surface area contributed by atoms with Crippen molar-refractivity contribution >= 4 is 33.3 Å². The molecule has 4 aromatic rings. The molecule has 1 aliphatic rings. The van der Waals surface area contributed by atoms with Gasteiger partial charge in [-0.15, -0.1) is 23.1 Å². The van der Waals surface area contributed by atoms with E-state index in [9.17, 15) is 0 Å². The minimum absolute atomic E-state index is 0.236. The van der Waals surface area contributed by atoms with E-state index < -0.39 is 0 Å². The van der Waals surface area contributed by atoms with Crippen LogP contribution in [0.15, 0.2) is 60.7 Å². The van der Waals surface area contributed by atoms with Gasteiger partial charge >= 0.3 is 0 Å². The third-order valence-corrected chi connectivity index (χ3v) is 8.20. The van der Waals surface area contributed by atoms with Gasteiger partial charge in [-0.2, -0.15) is 0 Å². The van der Waals surface area contributed by atoms with Gasteiger partial charge < -0.3 is 5.84 Å². The van der Waals surface area contributed by atoms with E-state index >= 15 is 0 Å². The Morgan fingerprint density at radius 1 is 1.04 bits per heavy atom. The minimum Gasteiger partial charge on any atom is -0.336 e. The largest absolute Gasteiger partial charge is 0.336 e. The van der Waals surface area contributed by atoms with Crippen molar-refractivity contribution in [3.63, 3.8) is 0 Å². The van der Waals surface area contributed by atoms with Crippen LogP contribution in [0.2, 0.25) is 0 Å². The second-order valence-corrected chi connectivity index (χ2v) is 9.38. The van der Waals surface area contributed by atoms with Gasteiger partial charge in [0.15, 0.2) is 5.49 Å². The number of thioether (sulfide) groups is 1. The van der Waals surface area contributed by atoms with Crippen molar-refractivity contribution in [2.75, 3.05) is 5.84 Å². The number of nitrogens with zero attached hydrogens (tertiary/aromatic N) is 2. The molecule has 6 heteroatoms. The molecule has 0 spiro atoms. The number of aryl methyl sites for hydroxylation is 1. The number of rotatable bonds is 2. The number of fused-ring (bicyclic) bond motifs is 3. The van der Waals surface area contributed by atoms with Gasteiger partial charge in [-0.25, -0.2) is 9.66 Å². The number of aromatic nitrogens is 2. The van der Waals surface area contributed by atoms with Gasteiger partial charge in [-0.3, -0.25) is 5.41 Å². The van der Waals surface area contributed by atoms with E-state index in [1.807, 2.05) is 18.7 Å². The van der Waals surface area contributed by atoms with Crippen molar-refractivity contribution in [2.24, 2.45) is 0 Å². The highest BCUT2D eigenvalue weighted by Gasteiger charge is 2.33. The third kappa shape index (κ3) is 2.75. The molecule has 1 aliphatic heterocycles. The van der Waals surface area contributed by atoms with Crippen molar-refractivity contribution < 1.29 is 0 Å². The molecule has 28 heavy (non-hydrogen) atoms. The van der Waals surface area contributed by atoms with Crippen LogP contribution in [0.3, 0.4) is 0 Å². The molecule has 140 valence electrons. The molecule has 0 aliphatic carbocycles. The van der Waals surface area contributed by atoms with Crippen LogP contribution < -0.4 is 11.3 Å². The third-order valence-electron chi connectivity index (χ3n) is 5.31. The average molecular weight is 405 g/mol. The molecule has 0 fully saturated rings. The van der Waals surface area contributed by atoms with Gasteiger partial charge in [-0.05, 0) is 30.0 Å². The molecule has 0 amide bonds. The van der Waals surface area contributed by atoms with Gasteiger partial charge in [0.1, 0.15) is 10.7 Å². The van der Waals surface area contributed by atoms with E-state index in [1.165, 1.54) is 26.2 Å². The zero-order valence-electron chi connectivity index (χ0n) is 15.4. The Morgan fingerprint density at radius 2 is 1.68 bits per heavy atom. The lowest BCUT2D eigenvalue weighted by atomic mass is 9.98. The lowest BCUT2D eigenvalue weighted by Crippen LogP contribution is -2.30. The molecule has 0 unspecified atom stereocenters. The van der Waals surface area contributed by atoms with Crippen molar-refractivity contribution in [2.45, 2.75) is 23.8 Å². The van der Waals surface area contributed by atoms with E-state index in [4.69, 9.17) is 16.2 Å². The maximum Gasteiger partial charge on any atom is 0.155 e. The van der Waals surface area contributed by atoms with Crippen molar-refractivity contribution in [1.82, 2.24) is 9.66 Å². The molecule has 2 aromatic heterocycles. The quantitative estimate of drug-likeness (QED) is 0.475. The molecular formula is C22H20N4S2. The Bertz CT molecular complexity index is 1210. The highest BCUT2D eigenvalue weighted by Crippen LogP contribution is 2.54. The van der Waals surface area contributed by atoms with E-state index in [1.54, 1.807) is 11.3 Å². The molecule has 4 nitrogen and oxygen atoms in total. The first kappa shape index (κ1) is 17.5. The normalized spacial score (nSPS) is 18.9. The Morgan fingerprint density at radius 3 is 2.36 bits per heavy atom. The lowest BCUT2D eigenvalue weighted by molar-refractivity contribution is 0.813. The molecule has 2 aromatic carbocycles. The van der Waals surface area contributed by atoms with E-state index in [2.05, 4.69) is 60.7 Å². The number of hydrogen-bond donors (Lipinski definition) is 2. The summed E-state index contributed by atoms with van der Waals surface area (Å²) in [7, 11) is 0. The Labute approximate surface area is 171 Å². The van der Waals surface area contributed by atoms with E-state index in [0.29, 0.717) is 16.6 Å². The fraction of sp³-hybridized carbons (Fsp3) is 0.182. The second kappa shape index (κ2) is 6.79. The molecule has 3 heterocycles. The molecule has 3 N–H and O–H groups in total. The molecule has 0 saturated carbocycles. The number of nitrogen functional groups attached to an aromatic ring is 1. The summed E-state index contributed by atoms with van der Waals surface area (Å²) >= 11 is 3.71. The van der Waals surface area contributed by atoms with Crippen LogP contribution in [-0.2, 0) is 6.42 Å². The summed E-state index contributed by atoms with van der Waals surface area (Å²) in [5, 5.41) is 10.1. The molecule has 0 radical (unpaired) electrons. The van der Waals surface area contributed by atoms with Gasteiger partial charge in [-0.1, -0.05) is 60.7 Å². The maximum absolute atomic E-state index is 8.62. The van der Waals surface area contributed by atoms with Crippen LogP contribution in [0.1, 0.15) is 37.9 Å². The SMILES string of the molecule is Cc1nc2sc3c(c2c(=N)n1N)C[C@H](c1ccccc1)S[C@H]3c1ccccc1. The van der Waals surface area contributed by atoms with Crippen LogP contribution in [0.4, 0.5) is 0 Å². The zero-order chi connectivity index (χ0) is 19.3. The summed E-state index contributed by atoms with van der Waals surface area (Å²) in [6.07, 6.45) is 0.893. The first-order valence-corrected chi connectivity index (χ1v) is 11.0. The maximum atomic E-state index is 8.62. The Hall–Kier alpha value is -2.57. The van der Waals surface area contributed by atoms with Crippen LogP contribution in [0.5, 0.6) is 0 Å². The van der Waals surface area contributed by atoms with Crippen LogP contribution in [-0.4, -0.2) is 9.66 Å². The number of hydrogen-bond acceptors (Lipinski definition) is 5. The predicted molar refractivity (Wildman–Crippen MR) is 117 cm³/mol. The Balaban J connectivity index is 1.75. The number of thiophene rings is 1. The van der Waals surface area contributed by atoms with Crippen LogP contribution in [0.25, 0.3) is 10.2 Å². The summed E-state index contributed by atoms with van der Waals surface area (Å²) in [5.74, 6) is 6.76. The molecule has 0 bridgehead atoms. The predicted octanol–water partition coefficient (Wildman–Crippen LogP) is 4.72. The van der Waals surface area contributed by atoms with Crippen LogP contribution in [0, 0.1) is 12.3 Å². The first-order valence-electron chi connectivity index (χ1n) is 9.23. The number of nitrogens with two attached hydrogens (primary N) is 1. The average Bonchev–Trinajstić information content (AvgIpc) is 3.10. The topological polar surface area (TPSA) is 67.7 Å². The summed E-state index contributed by atoms with van der Waals surface area (Å²) in [6.45, 7) is 1.85. The molecular weight excluding hydrogens is 384 g/mol. The first-order chi connectivity index (χ1) is 13.6. The summed E-state index contributed by atoms with van der Waals surface area (Å²) in [5.41, 5.74) is 4.21. The summed E-state index contributed by atoms with van der Waals surface area (Å²) in [6, 6.07) is 21.3. The summed E-state index contributed by atoms with van der Waals surface area (Å²) < 4.78 is 1.39. The van der Waals surface area contributed by atoms with E-state index in [-0.39, 0.29) is 5.25 Å². The molecule has 2 atom stereocenters. The number of nitrogens with one attached hydrogen (secondary N) is 1. The van der Waals surface area contributed by atoms with Gasteiger partial charge in [0.2, 0.25) is 0 Å². The van der Waals surface area contributed by atoms with Gasteiger partial charge in [0.25, 0.3) is 0 Å².